The highest BCUT2D eigenvalue weighted by atomic mass is 19.1. The number of rotatable bonds is 7. The predicted octanol–water partition coefficient (Wildman–Crippen LogP) is 4.28. The number of benzene rings is 3. The number of nitrogens with one attached hydrogen (secondary N) is 3. The van der Waals surface area contributed by atoms with Crippen LogP contribution in [-0.2, 0) is 24.8 Å². The van der Waals surface area contributed by atoms with Crippen molar-refractivity contribution in [2.75, 3.05) is 5.32 Å². The number of H-pyrrole nitrogens is 1. The van der Waals surface area contributed by atoms with Gasteiger partial charge in [0.15, 0.2) is 0 Å². The molecule has 0 fully saturated rings. The van der Waals surface area contributed by atoms with Crippen molar-refractivity contribution in [2.24, 2.45) is 7.05 Å². The van der Waals surface area contributed by atoms with Crippen LogP contribution in [0, 0.1) is 5.82 Å². The second kappa shape index (κ2) is 8.82. The van der Waals surface area contributed by atoms with E-state index in [1.807, 2.05) is 41.9 Å². The highest BCUT2D eigenvalue weighted by Gasteiger charge is 2.19. The lowest BCUT2D eigenvalue weighted by molar-refractivity contribution is -0.105. The van der Waals surface area contributed by atoms with E-state index < -0.39 is 0 Å². The van der Waals surface area contributed by atoms with Crippen molar-refractivity contribution in [1.29, 1.82) is 0 Å². The molecule has 0 aliphatic rings. The standard InChI is InChI=1S/C26H22FN5O2/c1-32-24(9-16-5-3-2-4-6-16)31-23-13-19(29-15-33)12-21(25(23)32)26(34)28-14-20-11-17-10-18(27)7-8-22(17)30-20/h2-8,10-13,15,30H,9,14H2,1H3,(H,28,34)(H,29,33). The molecule has 7 nitrogen and oxygen atoms in total. The molecule has 170 valence electrons. The topological polar surface area (TPSA) is 91.8 Å². The molecule has 2 amide bonds. The molecule has 0 saturated heterocycles. The summed E-state index contributed by atoms with van der Waals surface area (Å²) in [6.45, 7) is 0.233. The van der Waals surface area contributed by atoms with Crippen molar-refractivity contribution in [3.63, 3.8) is 0 Å². The number of imidazole rings is 1. The van der Waals surface area contributed by atoms with Gasteiger partial charge in [-0.15, -0.1) is 0 Å². The number of aromatic amines is 1. The van der Waals surface area contributed by atoms with Gasteiger partial charge in [0.05, 0.1) is 23.1 Å². The average molecular weight is 455 g/mol. The van der Waals surface area contributed by atoms with Crippen LogP contribution in [0.15, 0.2) is 66.7 Å². The van der Waals surface area contributed by atoms with Crippen molar-refractivity contribution in [1.82, 2.24) is 19.9 Å². The van der Waals surface area contributed by atoms with Gasteiger partial charge in [-0.1, -0.05) is 30.3 Å². The minimum atomic E-state index is -0.313. The number of carbonyl (C=O) groups excluding carboxylic acids is 2. The molecule has 3 N–H and O–H groups in total. The molecule has 5 aromatic rings. The van der Waals surface area contributed by atoms with Gasteiger partial charge < -0.3 is 20.2 Å². The van der Waals surface area contributed by atoms with Gasteiger partial charge >= 0.3 is 0 Å². The molecule has 0 saturated carbocycles. The molecule has 8 heteroatoms. The summed E-state index contributed by atoms with van der Waals surface area (Å²) in [5.74, 6) is 0.182. The van der Waals surface area contributed by atoms with Crippen LogP contribution in [0.4, 0.5) is 10.1 Å². The Kier molecular flexibility index (Phi) is 5.55. The summed E-state index contributed by atoms with van der Waals surface area (Å²) in [4.78, 5) is 32.2. The summed E-state index contributed by atoms with van der Waals surface area (Å²) >= 11 is 0. The fourth-order valence-electron chi connectivity index (χ4n) is 4.19. The predicted molar refractivity (Wildman–Crippen MR) is 129 cm³/mol. The number of fused-ring (bicyclic) bond motifs is 2. The smallest absolute Gasteiger partial charge is 0.253 e. The van der Waals surface area contributed by atoms with Crippen LogP contribution in [0.1, 0.15) is 27.4 Å². The van der Waals surface area contributed by atoms with Crippen LogP contribution in [0.25, 0.3) is 21.9 Å². The van der Waals surface area contributed by atoms with Crippen LogP contribution in [0.5, 0.6) is 0 Å². The van der Waals surface area contributed by atoms with Gasteiger partial charge in [0, 0.05) is 35.8 Å². The Balaban J connectivity index is 1.47. The molecule has 0 unspecified atom stereocenters. The number of amides is 2. The first-order valence-electron chi connectivity index (χ1n) is 10.8. The van der Waals surface area contributed by atoms with Crippen molar-refractivity contribution >= 4 is 39.9 Å². The Morgan fingerprint density at radius 1 is 1.12 bits per heavy atom. The number of hydrogen-bond acceptors (Lipinski definition) is 3. The van der Waals surface area contributed by atoms with E-state index in [0.717, 1.165) is 28.0 Å². The Morgan fingerprint density at radius 3 is 2.74 bits per heavy atom. The number of nitrogens with zero attached hydrogens (tertiary/aromatic N) is 2. The fourth-order valence-corrected chi connectivity index (χ4v) is 4.19. The first-order chi connectivity index (χ1) is 16.5. The first kappa shape index (κ1) is 21.4. The average Bonchev–Trinajstić information content (AvgIpc) is 3.38. The maximum atomic E-state index is 13.5. The Morgan fingerprint density at radius 2 is 1.94 bits per heavy atom. The third kappa shape index (κ3) is 4.13. The van der Waals surface area contributed by atoms with Gasteiger partial charge in [-0.2, -0.15) is 0 Å². The molecule has 2 aromatic heterocycles. The fraction of sp³-hybridized carbons (Fsp3) is 0.115. The van der Waals surface area contributed by atoms with Crippen LogP contribution >= 0.6 is 0 Å². The van der Waals surface area contributed by atoms with Gasteiger partial charge in [0.25, 0.3) is 5.91 Å². The summed E-state index contributed by atoms with van der Waals surface area (Å²) in [7, 11) is 1.88. The summed E-state index contributed by atoms with van der Waals surface area (Å²) in [5, 5.41) is 6.27. The molecule has 3 aromatic carbocycles. The molecule has 0 atom stereocenters. The lowest BCUT2D eigenvalue weighted by Crippen LogP contribution is -2.24. The van der Waals surface area contributed by atoms with Crippen LogP contribution in [-0.4, -0.2) is 26.9 Å². The third-order valence-electron chi connectivity index (χ3n) is 5.82. The molecule has 0 aliphatic heterocycles. The number of anilines is 1. The van der Waals surface area contributed by atoms with Gasteiger partial charge in [0.1, 0.15) is 11.6 Å². The zero-order valence-electron chi connectivity index (χ0n) is 18.4. The number of carbonyl (C=O) groups is 2. The molecule has 0 aliphatic carbocycles. The summed E-state index contributed by atoms with van der Waals surface area (Å²) in [6.07, 6.45) is 1.18. The van der Waals surface area contributed by atoms with E-state index in [1.165, 1.54) is 12.1 Å². The lowest BCUT2D eigenvalue weighted by atomic mass is 10.1. The van der Waals surface area contributed by atoms with Gasteiger partial charge in [-0.3, -0.25) is 9.59 Å². The number of halogens is 1. The second-order valence-electron chi connectivity index (χ2n) is 8.11. The van der Waals surface area contributed by atoms with E-state index in [2.05, 4.69) is 15.6 Å². The van der Waals surface area contributed by atoms with Gasteiger partial charge in [0.2, 0.25) is 6.41 Å². The van der Waals surface area contributed by atoms with E-state index >= 15 is 0 Å². The van der Waals surface area contributed by atoms with E-state index in [-0.39, 0.29) is 18.3 Å². The molecular weight excluding hydrogens is 433 g/mol. The van der Waals surface area contributed by atoms with Crippen molar-refractivity contribution in [3.05, 3.63) is 95.2 Å². The van der Waals surface area contributed by atoms with Crippen molar-refractivity contribution in [2.45, 2.75) is 13.0 Å². The highest BCUT2D eigenvalue weighted by molar-refractivity contribution is 6.07. The molecule has 0 radical (unpaired) electrons. The van der Waals surface area contributed by atoms with E-state index in [0.29, 0.717) is 35.1 Å². The SMILES string of the molecule is Cn1c(Cc2ccccc2)nc2cc(NC=O)cc(C(=O)NCc3cc4cc(F)ccc4[nH]3)c21. The maximum absolute atomic E-state index is 13.5. The van der Waals surface area contributed by atoms with Crippen LogP contribution in [0.2, 0.25) is 0 Å². The minimum absolute atomic E-state index is 0.233. The third-order valence-corrected chi connectivity index (χ3v) is 5.82. The van der Waals surface area contributed by atoms with Crippen molar-refractivity contribution in [3.8, 4) is 0 Å². The number of aromatic nitrogens is 3. The molecule has 0 bridgehead atoms. The lowest BCUT2D eigenvalue weighted by Gasteiger charge is -2.10. The van der Waals surface area contributed by atoms with Gasteiger partial charge in [-0.05, 0) is 42.0 Å². The zero-order valence-corrected chi connectivity index (χ0v) is 18.4. The van der Waals surface area contributed by atoms with Crippen LogP contribution in [0.3, 0.4) is 0 Å². The number of hydrogen-bond donors (Lipinski definition) is 3. The van der Waals surface area contributed by atoms with E-state index in [4.69, 9.17) is 4.98 Å². The maximum Gasteiger partial charge on any atom is 0.253 e. The van der Waals surface area contributed by atoms with E-state index in [9.17, 15) is 14.0 Å². The largest absolute Gasteiger partial charge is 0.357 e. The summed E-state index contributed by atoms with van der Waals surface area (Å²) in [5.41, 5.74) is 4.83. The Hall–Kier alpha value is -4.46. The monoisotopic (exact) mass is 455 g/mol. The summed E-state index contributed by atoms with van der Waals surface area (Å²) in [6, 6.07) is 19.7. The highest BCUT2D eigenvalue weighted by Crippen LogP contribution is 2.26. The Labute approximate surface area is 194 Å². The Bertz CT molecular complexity index is 1520. The van der Waals surface area contributed by atoms with Gasteiger partial charge in [-0.25, -0.2) is 9.37 Å². The molecule has 2 heterocycles. The number of aryl methyl sites for hydroxylation is 1. The second-order valence-corrected chi connectivity index (χ2v) is 8.11. The normalized spacial score (nSPS) is 11.1. The minimum Gasteiger partial charge on any atom is -0.357 e. The van der Waals surface area contributed by atoms with E-state index in [1.54, 1.807) is 24.3 Å². The first-order valence-corrected chi connectivity index (χ1v) is 10.8. The van der Waals surface area contributed by atoms with Crippen molar-refractivity contribution < 1.29 is 14.0 Å². The quantitative estimate of drug-likeness (QED) is 0.320. The summed E-state index contributed by atoms with van der Waals surface area (Å²) < 4.78 is 15.4. The molecule has 34 heavy (non-hydrogen) atoms. The molecular formula is C26H22FN5O2. The molecule has 5 rings (SSSR count). The zero-order chi connectivity index (χ0) is 23.7. The molecule has 0 spiro atoms. The van der Waals surface area contributed by atoms with Crippen LogP contribution < -0.4 is 10.6 Å².